The van der Waals surface area contributed by atoms with E-state index in [1.165, 1.54) is 5.56 Å². The Balaban J connectivity index is 2.22. The lowest BCUT2D eigenvalue weighted by molar-refractivity contribution is 0.463. The third kappa shape index (κ3) is 3.72. The fourth-order valence-electron chi connectivity index (χ4n) is 2.26. The summed E-state index contributed by atoms with van der Waals surface area (Å²) < 4.78 is 0. The minimum atomic E-state index is 0.270. The van der Waals surface area contributed by atoms with Gasteiger partial charge in [-0.05, 0) is 18.1 Å². The lowest BCUT2D eigenvalue weighted by Gasteiger charge is -2.13. The zero-order valence-corrected chi connectivity index (χ0v) is 11.3. The Morgan fingerprint density at radius 3 is 2.37 bits per heavy atom. The first-order valence-electron chi connectivity index (χ1n) is 6.82. The van der Waals surface area contributed by atoms with Gasteiger partial charge in [-0.3, -0.25) is 0 Å². The maximum atomic E-state index is 9.97. The van der Waals surface area contributed by atoms with E-state index in [0.717, 1.165) is 18.4 Å². The Bertz CT molecular complexity index is 528. The molecule has 19 heavy (non-hydrogen) atoms. The summed E-state index contributed by atoms with van der Waals surface area (Å²) in [5.74, 6) is 0.657. The maximum Gasteiger partial charge on any atom is 0.119 e. The molecule has 98 valence electrons. The lowest BCUT2D eigenvalue weighted by atomic mass is 9.92. The average molecular weight is 252 g/mol. The van der Waals surface area contributed by atoms with E-state index in [9.17, 15) is 5.11 Å². The summed E-state index contributed by atoms with van der Waals surface area (Å²) >= 11 is 0. The van der Waals surface area contributed by atoms with Crippen LogP contribution in [0.3, 0.4) is 0 Å². The van der Waals surface area contributed by atoms with Crippen LogP contribution in [0.2, 0.25) is 0 Å². The molecule has 1 unspecified atom stereocenters. The predicted octanol–water partition coefficient (Wildman–Crippen LogP) is 4.99. The molecule has 1 nitrogen and oxygen atoms in total. The molecule has 0 aromatic heterocycles. The van der Waals surface area contributed by atoms with Gasteiger partial charge in [0.1, 0.15) is 5.75 Å². The van der Waals surface area contributed by atoms with Crippen LogP contribution in [0, 0.1) is 0 Å². The minimum absolute atomic E-state index is 0.270. The third-order valence-corrected chi connectivity index (χ3v) is 3.26. The standard InChI is InChI=1S/C18H20O/c1-2-8-16(17-11-6-7-12-18(17)19)14-13-15-9-4-3-5-10-15/h3-7,9-14,16,19H,2,8H2,1H3/b14-13+. The number of phenolic OH excluding ortho intramolecular Hbond substituents is 1. The monoisotopic (exact) mass is 252 g/mol. The molecule has 0 fully saturated rings. The summed E-state index contributed by atoms with van der Waals surface area (Å²) in [5, 5.41) is 9.97. The minimum Gasteiger partial charge on any atom is -0.508 e. The SMILES string of the molecule is CCCC(/C=C/c1ccccc1)c1ccccc1O. The molecule has 0 aliphatic heterocycles. The van der Waals surface area contributed by atoms with Crippen LogP contribution < -0.4 is 0 Å². The van der Waals surface area contributed by atoms with Crippen LogP contribution in [0.25, 0.3) is 6.08 Å². The molecule has 0 aliphatic carbocycles. The Hall–Kier alpha value is -2.02. The second-order valence-electron chi connectivity index (χ2n) is 4.72. The zero-order valence-electron chi connectivity index (χ0n) is 11.3. The molecular formula is C18H20O. The van der Waals surface area contributed by atoms with Crippen molar-refractivity contribution in [3.05, 3.63) is 71.8 Å². The molecule has 1 N–H and O–H groups in total. The van der Waals surface area contributed by atoms with E-state index in [4.69, 9.17) is 0 Å². The largest absolute Gasteiger partial charge is 0.508 e. The highest BCUT2D eigenvalue weighted by Gasteiger charge is 2.10. The smallest absolute Gasteiger partial charge is 0.119 e. The van der Waals surface area contributed by atoms with Crippen molar-refractivity contribution in [2.24, 2.45) is 0 Å². The molecule has 2 rings (SSSR count). The summed E-state index contributed by atoms with van der Waals surface area (Å²) in [4.78, 5) is 0. The summed E-state index contributed by atoms with van der Waals surface area (Å²) in [6.07, 6.45) is 6.46. The van der Waals surface area contributed by atoms with Crippen molar-refractivity contribution in [3.8, 4) is 5.75 Å². The highest BCUT2D eigenvalue weighted by molar-refractivity contribution is 5.51. The highest BCUT2D eigenvalue weighted by Crippen LogP contribution is 2.30. The molecule has 0 bridgehead atoms. The van der Waals surface area contributed by atoms with Gasteiger partial charge in [-0.25, -0.2) is 0 Å². The van der Waals surface area contributed by atoms with Crippen molar-refractivity contribution in [1.82, 2.24) is 0 Å². The van der Waals surface area contributed by atoms with E-state index in [1.807, 2.05) is 36.4 Å². The quantitative estimate of drug-likeness (QED) is 0.794. The molecule has 2 aromatic carbocycles. The normalized spacial score (nSPS) is 12.7. The molecule has 2 aromatic rings. The van der Waals surface area contributed by atoms with Crippen LogP contribution in [0.4, 0.5) is 0 Å². The number of rotatable bonds is 5. The van der Waals surface area contributed by atoms with Gasteiger partial charge in [-0.2, -0.15) is 0 Å². The number of aromatic hydroxyl groups is 1. The van der Waals surface area contributed by atoms with E-state index in [2.05, 4.69) is 31.2 Å². The molecule has 0 amide bonds. The van der Waals surface area contributed by atoms with Crippen molar-refractivity contribution in [3.63, 3.8) is 0 Å². The van der Waals surface area contributed by atoms with Crippen LogP contribution in [0.1, 0.15) is 36.8 Å². The van der Waals surface area contributed by atoms with Gasteiger partial charge in [0, 0.05) is 11.5 Å². The van der Waals surface area contributed by atoms with Crippen molar-refractivity contribution < 1.29 is 5.11 Å². The van der Waals surface area contributed by atoms with Crippen LogP contribution >= 0.6 is 0 Å². The maximum absolute atomic E-state index is 9.97. The molecule has 0 aliphatic rings. The van der Waals surface area contributed by atoms with Gasteiger partial charge in [-0.1, -0.05) is 74.0 Å². The van der Waals surface area contributed by atoms with Crippen LogP contribution in [-0.2, 0) is 0 Å². The Labute approximate surface area is 115 Å². The van der Waals surface area contributed by atoms with Crippen molar-refractivity contribution in [1.29, 1.82) is 0 Å². The van der Waals surface area contributed by atoms with Crippen molar-refractivity contribution >= 4 is 6.08 Å². The molecule has 0 heterocycles. The Morgan fingerprint density at radius 1 is 1.00 bits per heavy atom. The summed E-state index contributed by atoms with van der Waals surface area (Å²) in [6, 6.07) is 17.9. The van der Waals surface area contributed by atoms with Crippen LogP contribution in [-0.4, -0.2) is 5.11 Å². The van der Waals surface area contributed by atoms with Gasteiger partial charge >= 0.3 is 0 Å². The topological polar surface area (TPSA) is 20.2 Å². The van der Waals surface area contributed by atoms with E-state index in [-0.39, 0.29) is 5.92 Å². The number of hydrogen-bond acceptors (Lipinski definition) is 1. The number of para-hydroxylation sites is 1. The first kappa shape index (κ1) is 13.4. The molecule has 0 radical (unpaired) electrons. The molecule has 1 atom stereocenters. The summed E-state index contributed by atoms with van der Waals surface area (Å²) in [7, 11) is 0. The van der Waals surface area contributed by atoms with Gasteiger partial charge in [0.25, 0.3) is 0 Å². The Morgan fingerprint density at radius 2 is 1.68 bits per heavy atom. The van der Waals surface area contributed by atoms with E-state index >= 15 is 0 Å². The van der Waals surface area contributed by atoms with E-state index < -0.39 is 0 Å². The van der Waals surface area contributed by atoms with E-state index in [1.54, 1.807) is 6.07 Å². The van der Waals surface area contributed by atoms with Gasteiger partial charge in [0.15, 0.2) is 0 Å². The van der Waals surface area contributed by atoms with Crippen LogP contribution in [0.5, 0.6) is 5.75 Å². The first-order valence-corrected chi connectivity index (χ1v) is 6.82. The highest BCUT2D eigenvalue weighted by atomic mass is 16.3. The number of phenols is 1. The molecule has 0 saturated carbocycles. The lowest BCUT2D eigenvalue weighted by Crippen LogP contribution is -1.95. The predicted molar refractivity (Wildman–Crippen MR) is 81.2 cm³/mol. The van der Waals surface area contributed by atoms with Crippen molar-refractivity contribution in [2.75, 3.05) is 0 Å². The number of allylic oxidation sites excluding steroid dienone is 1. The van der Waals surface area contributed by atoms with E-state index in [0.29, 0.717) is 5.75 Å². The number of benzene rings is 2. The van der Waals surface area contributed by atoms with Gasteiger partial charge < -0.3 is 5.11 Å². The molecule has 1 heteroatoms. The van der Waals surface area contributed by atoms with Crippen LogP contribution in [0.15, 0.2) is 60.7 Å². The van der Waals surface area contributed by atoms with Gasteiger partial charge in [-0.15, -0.1) is 0 Å². The number of hydrogen-bond donors (Lipinski definition) is 1. The zero-order chi connectivity index (χ0) is 13.5. The summed E-state index contributed by atoms with van der Waals surface area (Å²) in [6.45, 7) is 2.17. The Kier molecular flexibility index (Phi) is 4.79. The van der Waals surface area contributed by atoms with Gasteiger partial charge in [0.05, 0.1) is 0 Å². The van der Waals surface area contributed by atoms with Crippen molar-refractivity contribution in [2.45, 2.75) is 25.7 Å². The molecule has 0 spiro atoms. The second kappa shape index (κ2) is 6.79. The second-order valence-corrected chi connectivity index (χ2v) is 4.72. The fourth-order valence-corrected chi connectivity index (χ4v) is 2.26. The third-order valence-electron chi connectivity index (χ3n) is 3.26. The van der Waals surface area contributed by atoms with Gasteiger partial charge in [0.2, 0.25) is 0 Å². The fraction of sp³-hybridized carbons (Fsp3) is 0.222. The summed E-state index contributed by atoms with van der Waals surface area (Å²) in [5.41, 5.74) is 2.20. The molecular weight excluding hydrogens is 232 g/mol. The molecule has 0 saturated heterocycles. The first-order chi connectivity index (χ1) is 9.31. The average Bonchev–Trinajstić information content (AvgIpc) is 2.45.